The highest BCUT2D eigenvalue weighted by molar-refractivity contribution is 6.19. The fourth-order valence-corrected chi connectivity index (χ4v) is 3.10. The van der Waals surface area contributed by atoms with Crippen LogP contribution in [0.1, 0.15) is 11.1 Å². The van der Waals surface area contributed by atoms with Gasteiger partial charge < -0.3 is 13.8 Å². The molecule has 1 unspecified atom stereocenters. The van der Waals surface area contributed by atoms with E-state index in [0.29, 0.717) is 0 Å². The van der Waals surface area contributed by atoms with Crippen molar-refractivity contribution < 1.29 is 13.8 Å². The molecule has 1 heterocycles. The highest BCUT2D eigenvalue weighted by atomic mass is 16.5. The molecule has 4 heteroatoms. The topological polar surface area (TPSA) is 18.5 Å². The van der Waals surface area contributed by atoms with Gasteiger partial charge >= 0.3 is 7.62 Å². The molecule has 110 valence electrons. The van der Waals surface area contributed by atoms with Gasteiger partial charge in [-0.05, 0) is 23.8 Å². The molecule has 0 N–H and O–H groups in total. The minimum absolute atomic E-state index is 0.486. The van der Waals surface area contributed by atoms with E-state index in [9.17, 15) is 0 Å². The van der Waals surface area contributed by atoms with Crippen molar-refractivity contribution in [2.75, 3.05) is 20.7 Å². The summed E-state index contributed by atoms with van der Waals surface area (Å²) in [5.41, 5.74) is 2.67. The third-order valence-electron chi connectivity index (χ3n) is 4.47. The molecule has 1 aliphatic heterocycles. The second-order valence-corrected chi connectivity index (χ2v) is 6.41. The number of hydrogen-bond acceptors (Lipinski definition) is 2. The summed E-state index contributed by atoms with van der Waals surface area (Å²) in [5, 5.41) is 0. The van der Waals surface area contributed by atoms with E-state index in [1.54, 1.807) is 7.11 Å². The Balaban J connectivity index is 1.71. The highest BCUT2D eigenvalue weighted by Crippen LogP contribution is 2.30. The van der Waals surface area contributed by atoms with Crippen molar-refractivity contribution in [1.82, 2.24) is 0 Å². The van der Waals surface area contributed by atoms with Crippen molar-refractivity contribution in [3.05, 3.63) is 59.7 Å². The first-order valence-electron chi connectivity index (χ1n) is 7.61. The van der Waals surface area contributed by atoms with Gasteiger partial charge in [0.25, 0.3) is 0 Å². The minimum Gasteiger partial charge on any atom is -0.670 e. The first kappa shape index (κ1) is 14.0. The van der Waals surface area contributed by atoms with Gasteiger partial charge in [-0.25, -0.2) is 0 Å². The Morgan fingerprint density at radius 1 is 1.19 bits per heavy atom. The molecule has 21 heavy (non-hydrogen) atoms. The van der Waals surface area contributed by atoms with Gasteiger partial charge in [-0.3, -0.25) is 0 Å². The molecule has 0 bridgehead atoms. The van der Waals surface area contributed by atoms with Crippen molar-refractivity contribution in [3.8, 4) is 11.5 Å². The van der Waals surface area contributed by atoms with Gasteiger partial charge in [0.2, 0.25) is 0 Å². The molecule has 0 aromatic heterocycles. The molecule has 1 aliphatic rings. The fraction of sp³-hybridized carbons (Fsp3) is 0.294. The lowest BCUT2D eigenvalue weighted by molar-refractivity contribution is -0.822. The van der Waals surface area contributed by atoms with Crippen LogP contribution >= 0.6 is 0 Å². The third-order valence-corrected chi connectivity index (χ3v) is 4.47. The number of benzene rings is 2. The zero-order valence-electron chi connectivity index (χ0n) is 13.0. The summed E-state index contributed by atoms with van der Waals surface area (Å²) in [6, 6.07) is 16.8. The average Bonchev–Trinajstić information content (AvgIpc) is 2.53. The van der Waals surface area contributed by atoms with E-state index in [1.807, 2.05) is 12.1 Å². The van der Waals surface area contributed by atoms with Crippen molar-refractivity contribution >= 4 is 7.62 Å². The summed E-state index contributed by atoms with van der Waals surface area (Å²) in [6.07, 6.45) is 1.10. The molecule has 0 fully saturated rings. The van der Waals surface area contributed by atoms with Crippen LogP contribution in [0.2, 0.25) is 0 Å². The van der Waals surface area contributed by atoms with E-state index in [4.69, 9.17) is 9.39 Å². The third kappa shape index (κ3) is 3.22. The summed E-state index contributed by atoms with van der Waals surface area (Å²) >= 11 is 0. The van der Waals surface area contributed by atoms with E-state index >= 15 is 0 Å². The summed E-state index contributed by atoms with van der Waals surface area (Å²) in [5.74, 6) is 1.96. The van der Waals surface area contributed by atoms with Crippen LogP contribution in [0, 0.1) is 0 Å². The number of quaternary nitrogens is 1. The molecule has 3 rings (SSSR count). The number of rotatable bonds is 4. The van der Waals surface area contributed by atoms with Gasteiger partial charge in [-0.1, -0.05) is 30.3 Å². The van der Waals surface area contributed by atoms with Crippen LogP contribution in [0.15, 0.2) is 48.5 Å². The SMILES string of the molecule is COc1ccc2c(c1)C[N+](C)(CCc1ccccc1)[BH2-]O2. The summed E-state index contributed by atoms with van der Waals surface area (Å²) in [4.78, 5) is 0. The maximum atomic E-state index is 6.07. The predicted molar refractivity (Wildman–Crippen MR) is 87.1 cm³/mol. The lowest BCUT2D eigenvalue weighted by atomic mass is 9.98. The average molecular weight is 283 g/mol. The van der Waals surface area contributed by atoms with Crippen molar-refractivity contribution in [2.24, 2.45) is 0 Å². The van der Waals surface area contributed by atoms with Gasteiger partial charge in [0.05, 0.1) is 19.4 Å². The first-order valence-corrected chi connectivity index (χ1v) is 7.61. The van der Waals surface area contributed by atoms with E-state index in [-0.39, 0.29) is 0 Å². The molecule has 1 atom stereocenters. The van der Waals surface area contributed by atoms with Crippen LogP contribution in [-0.2, 0) is 13.0 Å². The standard InChI is InChI=1S/C17H22BNO2/c1-19(11-10-14-6-4-3-5-7-14)13-15-12-16(20-2)8-9-17(15)21-18-19/h3-9,12H,10-11,13,18H2,1-2H3. The Labute approximate surface area is 127 Å². The molecular formula is C17H22BNO2. The van der Waals surface area contributed by atoms with Gasteiger partial charge in [0, 0.05) is 25.6 Å². The monoisotopic (exact) mass is 283 g/mol. The molecular weight excluding hydrogens is 261 g/mol. The van der Waals surface area contributed by atoms with E-state index in [0.717, 1.165) is 35.4 Å². The summed E-state index contributed by atoms with van der Waals surface area (Å²) < 4.78 is 12.4. The number of ether oxygens (including phenoxy) is 1. The van der Waals surface area contributed by atoms with Gasteiger partial charge in [-0.15, -0.1) is 0 Å². The van der Waals surface area contributed by atoms with Crippen LogP contribution < -0.4 is 9.39 Å². The predicted octanol–water partition coefficient (Wildman–Crippen LogP) is 2.28. The highest BCUT2D eigenvalue weighted by Gasteiger charge is 2.24. The summed E-state index contributed by atoms with van der Waals surface area (Å²) in [6.45, 7) is 2.17. The Morgan fingerprint density at radius 2 is 2.00 bits per heavy atom. The van der Waals surface area contributed by atoms with Crippen LogP contribution in [0.4, 0.5) is 0 Å². The largest absolute Gasteiger partial charge is 0.670 e. The van der Waals surface area contributed by atoms with E-state index in [2.05, 4.69) is 43.4 Å². The van der Waals surface area contributed by atoms with Gasteiger partial charge in [-0.2, -0.15) is 0 Å². The molecule has 2 aromatic carbocycles. The zero-order chi connectivity index (χ0) is 14.7. The number of methoxy groups -OCH3 is 1. The normalized spacial score (nSPS) is 20.5. The van der Waals surface area contributed by atoms with Crippen molar-refractivity contribution in [2.45, 2.75) is 13.0 Å². The molecule has 0 saturated heterocycles. The molecule has 0 saturated carbocycles. The van der Waals surface area contributed by atoms with E-state index in [1.165, 1.54) is 11.1 Å². The number of fused-ring (bicyclic) bond motifs is 1. The number of nitrogens with zero attached hydrogens (tertiary/aromatic N) is 1. The molecule has 0 amide bonds. The van der Waals surface area contributed by atoms with E-state index < -0.39 is 7.62 Å². The Kier molecular flexibility index (Phi) is 3.89. The fourth-order valence-electron chi connectivity index (χ4n) is 3.10. The van der Waals surface area contributed by atoms with Crippen LogP contribution in [0.5, 0.6) is 11.5 Å². The van der Waals surface area contributed by atoms with Crippen molar-refractivity contribution in [1.29, 1.82) is 0 Å². The van der Waals surface area contributed by atoms with Gasteiger partial charge in [0.15, 0.2) is 0 Å². The smallest absolute Gasteiger partial charge is 0.360 e. The first-order chi connectivity index (χ1) is 10.2. The number of hydrogen-bond donors (Lipinski definition) is 0. The molecule has 0 radical (unpaired) electrons. The Bertz CT molecular complexity index is 617. The number of likely N-dealkylation sites (N-methyl/N-ethyl adjacent to an activating group) is 1. The molecule has 2 aromatic rings. The maximum Gasteiger partial charge on any atom is 0.360 e. The Hall–Kier alpha value is -1.94. The lowest BCUT2D eigenvalue weighted by Crippen LogP contribution is -2.52. The quantitative estimate of drug-likeness (QED) is 0.801. The maximum absolute atomic E-state index is 6.07. The zero-order valence-corrected chi connectivity index (χ0v) is 13.0. The summed E-state index contributed by atoms with van der Waals surface area (Å²) in [7, 11) is 3.54. The molecule has 0 spiro atoms. The second-order valence-electron chi connectivity index (χ2n) is 6.41. The van der Waals surface area contributed by atoms with Crippen LogP contribution in [0.3, 0.4) is 0 Å². The molecule has 0 aliphatic carbocycles. The van der Waals surface area contributed by atoms with Crippen LogP contribution in [-0.4, -0.2) is 32.7 Å². The van der Waals surface area contributed by atoms with Crippen LogP contribution in [0.25, 0.3) is 0 Å². The molecule has 3 nitrogen and oxygen atoms in total. The van der Waals surface area contributed by atoms with Crippen molar-refractivity contribution in [3.63, 3.8) is 0 Å². The lowest BCUT2D eigenvalue weighted by Gasteiger charge is -2.47. The van der Waals surface area contributed by atoms with Gasteiger partial charge in [0.1, 0.15) is 5.75 Å². The Morgan fingerprint density at radius 3 is 2.76 bits per heavy atom. The second kappa shape index (κ2) is 5.82. The minimum atomic E-state index is -0.486.